The predicted octanol–water partition coefficient (Wildman–Crippen LogP) is 2.35. The van der Waals surface area contributed by atoms with Crippen molar-refractivity contribution < 1.29 is 14.7 Å². The number of aliphatic hydroxyl groups excluding tert-OH is 1. The number of nitrogens with one attached hydrogen (secondary N) is 2. The highest BCUT2D eigenvalue weighted by atomic mass is 16.3. The van der Waals surface area contributed by atoms with E-state index in [4.69, 9.17) is 0 Å². The first-order valence-corrected chi connectivity index (χ1v) is 8.26. The fourth-order valence-corrected chi connectivity index (χ4v) is 2.42. The van der Waals surface area contributed by atoms with Crippen LogP contribution in [-0.2, 0) is 0 Å². The van der Waals surface area contributed by atoms with Gasteiger partial charge in [-0.15, -0.1) is 0 Å². The number of amides is 2. The smallest absolute Gasteiger partial charge is 0.251 e. The summed E-state index contributed by atoms with van der Waals surface area (Å²) in [5.41, 5.74) is 0.996. The normalized spacial score (nSPS) is 12.3. The van der Waals surface area contributed by atoms with E-state index in [-0.39, 0.29) is 30.3 Å². The summed E-state index contributed by atoms with van der Waals surface area (Å²) < 4.78 is 0. The van der Waals surface area contributed by atoms with Gasteiger partial charge in [-0.1, -0.05) is 26.7 Å². The summed E-state index contributed by atoms with van der Waals surface area (Å²) in [5.74, 6) is -0.209. The molecule has 2 amide bonds. The van der Waals surface area contributed by atoms with Crippen molar-refractivity contribution in [2.45, 2.75) is 52.7 Å². The van der Waals surface area contributed by atoms with E-state index < -0.39 is 6.10 Å². The van der Waals surface area contributed by atoms with Crippen LogP contribution < -0.4 is 10.6 Å². The lowest BCUT2D eigenvalue weighted by Crippen LogP contribution is -2.36. The molecule has 1 aromatic rings. The molecule has 23 heavy (non-hydrogen) atoms. The maximum atomic E-state index is 12.1. The highest BCUT2D eigenvalue weighted by Crippen LogP contribution is 2.12. The maximum Gasteiger partial charge on any atom is 0.251 e. The molecule has 1 rings (SSSR count). The lowest BCUT2D eigenvalue weighted by atomic mass is 9.96. The van der Waals surface area contributed by atoms with Crippen LogP contribution in [0.4, 0.5) is 0 Å². The van der Waals surface area contributed by atoms with Gasteiger partial charge >= 0.3 is 0 Å². The molecule has 1 atom stereocenters. The molecule has 0 aliphatic heterocycles. The Labute approximate surface area is 138 Å². The quantitative estimate of drug-likeness (QED) is 0.688. The van der Waals surface area contributed by atoms with Crippen LogP contribution in [0.25, 0.3) is 0 Å². The molecule has 0 aliphatic carbocycles. The molecule has 0 saturated heterocycles. The largest absolute Gasteiger partial charge is 0.391 e. The molecule has 0 saturated carbocycles. The minimum atomic E-state index is -0.537. The Kier molecular flexibility index (Phi) is 7.75. The Hall–Kier alpha value is -1.88. The molecule has 0 aromatic heterocycles. The second-order valence-corrected chi connectivity index (χ2v) is 6.06. The maximum absolute atomic E-state index is 12.1. The fraction of sp³-hybridized carbons (Fsp3) is 0.556. The summed E-state index contributed by atoms with van der Waals surface area (Å²) in [6, 6.07) is 6.56. The van der Waals surface area contributed by atoms with Crippen molar-refractivity contribution in [2.75, 3.05) is 6.54 Å². The third-order valence-electron chi connectivity index (χ3n) is 3.89. The van der Waals surface area contributed by atoms with Gasteiger partial charge in [0.25, 0.3) is 11.8 Å². The summed E-state index contributed by atoms with van der Waals surface area (Å²) in [6.45, 7) is 8.08. The van der Waals surface area contributed by atoms with Gasteiger partial charge in [0.15, 0.2) is 0 Å². The van der Waals surface area contributed by atoms with Gasteiger partial charge in [0, 0.05) is 23.7 Å². The third kappa shape index (κ3) is 6.02. The van der Waals surface area contributed by atoms with Crippen LogP contribution in [-0.4, -0.2) is 35.6 Å². The molecule has 0 heterocycles. The van der Waals surface area contributed by atoms with Gasteiger partial charge in [0.1, 0.15) is 0 Å². The first-order chi connectivity index (χ1) is 10.9. The molecule has 1 aromatic carbocycles. The first-order valence-electron chi connectivity index (χ1n) is 8.26. The van der Waals surface area contributed by atoms with E-state index in [1.165, 1.54) is 0 Å². The number of hydrogen-bond donors (Lipinski definition) is 3. The summed E-state index contributed by atoms with van der Waals surface area (Å²) in [6.07, 6.45) is 1.23. The highest BCUT2D eigenvalue weighted by Gasteiger charge is 2.17. The van der Waals surface area contributed by atoms with Gasteiger partial charge < -0.3 is 15.7 Å². The van der Waals surface area contributed by atoms with Crippen LogP contribution >= 0.6 is 0 Å². The van der Waals surface area contributed by atoms with Crippen LogP contribution in [0.3, 0.4) is 0 Å². The number of carbonyl (C=O) groups excluding carboxylic acids is 2. The van der Waals surface area contributed by atoms with Crippen LogP contribution in [0.5, 0.6) is 0 Å². The molecule has 3 N–H and O–H groups in total. The topological polar surface area (TPSA) is 78.4 Å². The molecular formula is C18H28N2O3. The molecule has 0 fully saturated rings. The second kappa shape index (κ2) is 9.30. The average molecular weight is 320 g/mol. The molecule has 0 radical (unpaired) electrons. The summed E-state index contributed by atoms with van der Waals surface area (Å²) in [7, 11) is 0. The first kappa shape index (κ1) is 19.2. The van der Waals surface area contributed by atoms with Crippen molar-refractivity contribution in [3.05, 3.63) is 35.4 Å². The SMILES string of the molecule is CCC(CC)C(O)CNC(=O)c1ccc(C(=O)NC(C)C)cc1. The third-order valence-corrected chi connectivity index (χ3v) is 3.89. The average Bonchev–Trinajstić information content (AvgIpc) is 2.53. The van der Waals surface area contributed by atoms with E-state index in [0.717, 1.165) is 12.8 Å². The Morgan fingerprint density at radius 1 is 1.00 bits per heavy atom. The molecule has 5 heteroatoms. The molecule has 5 nitrogen and oxygen atoms in total. The van der Waals surface area contributed by atoms with E-state index in [9.17, 15) is 14.7 Å². The van der Waals surface area contributed by atoms with E-state index >= 15 is 0 Å². The molecule has 0 aliphatic rings. The Morgan fingerprint density at radius 2 is 1.48 bits per heavy atom. The van der Waals surface area contributed by atoms with Gasteiger partial charge in [0.2, 0.25) is 0 Å². The predicted molar refractivity (Wildman–Crippen MR) is 91.5 cm³/mol. The van der Waals surface area contributed by atoms with Crippen molar-refractivity contribution in [2.24, 2.45) is 5.92 Å². The summed E-state index contributed by atoms with van der Waals surface area (Å²) in [5, 5.41) is 15.6. The standard InChI is InChI=1S/C18H28N2O3/c1-5-13(6-2)16(21)11-19-17(22)14-7-9-15(10-8-14)18(23)20-12(3)4/h7-10,12-13,16,21H,5-6,11H2,1-4H3,(H,19,22)(H,20,23). The van der Waals surface area contributed by atoms with E-state index in [0.29, 0.717) is 11.1 Å². The van der Waals surface area contributed by atoms with Crippen LogP contribution in [0.15, 0.2) is 24.3 Å². The lowest BCUT2D eigenvalue weighted by molar-refractivity contribution is 0.0816. The Bertz CT molecular complexity index is 508. The monoisotopic (exact) mass is 320 g/mol. The highest BCUT2D eigenvalue weighted by molar-refractivity contribution is 5.97. The molecule has 128 valence electrons. The van der Waals surface area contributed by atoms with Crippen molar-refractivity contribution in [3.8, 4) is 0 Å². The van der Waals surface area contributed by atoms with Crippen molar-refractivity contribution in [3.63, 3.8) is 0 Å². The second-order valence-electron chi connectivity index (χ2n) is 6.06. The van der Waals surface area contributed by atoms with Gasteiger partial charge in [-0.2, -0.15) is 0 Å². The zero-order valence-electron chi connectivity index (χ0n) is 14.4. The van der Waals surface area contributed by atoms with E-state index in [2.05, 4.69) is 10.6 Å². The fourth-order valence-electron chi connectivity index (χ4n) is 2.42. The van der Waals surface area contributed by atoms with Gasteiger partial charge in [-0.3, -0.25) is 9.59 Å². The van der Waals surface area contributed by atoms with Crippen molar-refractivity contribution in [1.82, 2.24) is 10.6 Å². The molecular weight excluding hydrogens is 292 g/mol. The van der Waals surface area contributed by atoms with Gasteiger partial charge in [-0.05, 0) is 44.0 Å². The van der Waals surface area contributed by atoms with Gasteiger partial charge in [-0.25, -0.2) is 0 Å². The minimum absolute atomic E-state index is 0.0667. The van der Waals surface area contributed by atoms with Crippen LogP contribution in [0, 0.1) is 5.92 Å². The van der Waals surface area contributed by atoms with Crippen molar-refractivity contribution in [1.29, 1.82) is 0 Å². The Balaban J connectivity index is 2.59. The molecule has 0 spiro atoms. The number of hydrogen-bond acceptors (Lipinski definition) is 3. The zero-order valence-corrected chi connectivity index (χ0v) is 14.4. The van der Waals surface area contributed by atoms with Crippen LogP contribution in [0.1, 0.15) is 61.3 Å². The number of carbonyl (C=O) groups is 2. The zero-order chi connectivity index (χ0) is 17.4. The number of aliphatic hydroxyl groups is 1. The lowest BCUT2D eigenvalue weighted by Gasteiger charge is -2.20. The van der Waals surface area contributed by atoms with Crippen molar-refractivity contribution >= 4 is 11.8 Å². The van der Waals surface area contributed by atoms with Gasteiger partial charge in [0.05, 0.1) is 6.10 Å². The molecule has 1 unspecified atom stereocenters. The molecule has 0 bridgehead atoms. The summed E-state index contributed by atoms with van der Waals surface area (Å²) in [4.78, 5) is 23.9. The summed E-state index contributed by atoms with van der Waals surface area (Å²) >= 11 is 0. The van der Waals surface area contributed by atoms with E-state index in [1.54, 1.807) is 24.3 Å². The minimum Gasteiger partial charge on any atom is -0.391 e. The van der Waals surface area contributed by atoms with Crippen LogP contribution in [0.2, 0.25) is 0 Å². The Morgan fingerprint density at radius 3 is 1.91 bits per heavy atom. The number of rotatable bonds is 8. The van der Waals surface area contributed by atoms with E-state index in [1.807, 2.05) is 27.7 Å². The number of benzene rings is 1.